The lowest BCUT2D eigenvalue weighted by atomic mass is 10.1. The van der Waals surface area contributed by atoms with Gasteiger partial charge in [0.1, 0.15) is 5.69 Å². The van der Waals surface area contributed by atoms with Gasteiger partial charge in [-0.2, -0.15) is 0 Å². The third-order valence-electron chi connectivity index (χ3n) is 4.08. The van der Waals surface area contributed by atoms with Crippen LogP contribution in [0.25, 0.3) is 23.2 Å². The molecule has 1 heterocycles. The van der Waals surface area contributed by atoms with E-state index in [1.54, 1.807) is 6.08 Å². The molecule has 122 valence electrons. The van der Waals surface area contributed by atoms with Gasteiger partial charge < -0.3 is 9.88 Å². The minimum atomic E-state index is -0.176. The van der Waals surface area contributed by atoms with Crippen LogP contribution in [0, 0.1) is 0 Å². The summed E-state index contributed by atoms with van der Waals surface area (Å²) < 4.78 is 0. The first-order chi connectivity index (χ1) is 11.7. The fourth-order valence-electron chi connectivity index (χ4n) is 2.72. The van der Waals surface area contributed by atoms with Crippen LogP contribution in [0.3, 0.4) is 0 Å². The molecule has 3 aromatic rings. The van der Waals surface area contributed by atoms with Gasteiger partial charge in [-0.05, 0) is 49.8 Å². The molecule has 1 aromatic heterocycles. The Hall–Kier alpha value is -2.88. The number of benzene rings is 2. The fraction of sp³-hybridized carbons (Fsp3) is 0.200. The van der Waals surface area contributed by atoms with E-state index in [4.69, 9.17) is 0 Å². The van der Waals surface area contributed by atoms with E-state index < -0.39 is 0 Å². The molecule has 0 atom stereocenters. The van der Waals surface area contributed by atoms with Crippen molar-refractivity contribution in [2.45, 2.75) is 13.8 Å². The van der Waals surface area contributed by atoms with E-state index in [9.17, 15) is 4.79 Å². The molecular weight excluding hydrogens is 298 g/mol. The summed E-state index contributed by atoms with van der Waals surface area (Å²) in [7, 11) is 0. The number of para-hydroxylation sites is 2. The predicted octanol–water partition coefficient (Wildman–Crippen LogP) is 3.94. The molecule has 0 fully saturated rings. The summed E-state index contributed by atoms with van der Waals surface area (Å²) in [6, 6.07) is 15.8. The molecular formula is C20H21N3O. The molecule has 24 heavy (non-hydrogen) atoms. The first-order valence-corrected chi connectivity index (χ1v) is 8.23. The summed E-state index contributed by atoms with van der Waals surface area (Å²) in [6.45, 7) is 6.27. The van der Waals surface area contributed by atoms with Gasteiger partial charge in [0.05, 0.1) is 11.0 Å². The van der Waals surface area contributed by atoms with Gasteiger partial charge in [-0.25, -0.2) is 4.98 Å². The topological polar surface area (TPSA) is 49.0 Å². The molecule has 0 saturated heterocycles. The van der Waals surface area contributed by atoms with E-state index in [1.807, 2.05) is 30.3 Å². The highest BCUT2D eigenvalue weighted by Crippen LogP contribution is 2.16. The van der Waals surface area contributed by atoms with Crippen molar-refractivity contribution in [3.05, 3.63) is 70.1 Å². The molecule has 2 aromatic carbocycles. The summed E-state index contributed by atoms with van der Waals surface area (Å²) in [6.07, 6.45) is 3.68. The molecule has 0 spiro atoms. The Morgan fingerprint density at radius 1 is 1.00 bits per heavy atom. The van der Waals surface area contributed by atoms with Gasteiger partial charge in [0.2, 0.25) is 0 Å². The van der Waals surface area contributed by atoms with Crippen molar-refractivity contribution in [2.24, 2.45) is 0 Å². The molecule has 0 aliphatic rings. The van der Waals surface area contributed by atoms with Crippen LogP contribution in [0.1, 0.15) is 25.1 Å². The molecule has 0 amide bonds. The van der Waals surface area contributed by atoms with Gasteiger partial charge >= 0.3 is 0 Å². The highest BCUT2D eigenvalue weighted by atomic mass is 16.1. The van der Waals surface area contributed by atoms with Crippen molar-refractivity contribution in [3.8, 4) is 0 Å². The van der Waals surface area contributed by atoms with E-state index >= 15 is 0 Å². The maximum atomic E-state index is 12.1. The van der Waals surface area contributed by atoms with E-state index in [0.29, 0.717) is 5.69 Å². The second kappa shape index (κ2) is 7.13. The van der Waals surface area contributed by atoms with E-state index in [-0.39, 0.29) is 5.56 Å². The number of H-pyrrole nitrogens is 1. The molecule has 0 radical (unpaired) electrons. The van der Waals surface area contributed by atoms with Crippen LogP contribution >= 0.6 is 0 Å². The van der Waals surface area contributed by atoms with Crippen molar-refractivity contribution in [1.29, 1.82) is 0 Å². The third-order valence-corrected chi connectivity index (χ3v) is 4.08. The number of aromatic nitrogens is 2. The lowest BCUT2D eigenvalue weighted by molar-refractivity contribution is 0.866. The zero-order chi connectivity index (χ0) is 16.9. The molecule has 1 N–H and O–H groups in total. The fourth-order valence-corrected chi connectivity index (χ4v) is 2.72. The minimum Gasteiger partial charge on any atom is -0.372 e. The van der Waals surface area contributed by atoms with Crippen LogP contribution in [0.2, 0.25) is 0 Å². The second-order valence-corrected chi connectivity index (χ2v) is 5.57. The Bertz CT molecular complexity index is 906. The molecule has 0 aliphatic carbocycles. The van der Waals surface area contributed by atoms with E-state index in [2.05, 4.69) is 53.0 Å². The zero-order valence-electron chi connectivity index (χ0n) is 14.0. The summed E-state index contributed by atoms with van der Waals surface area (Å²) in [5, 5.41) is 0. The van der Waals surface area contributed by atoms with Crippen LogP contribution < -0.4 is 10.5 Å². The molecule has 0 bridgehead atoms. The number of aromatic amines is 1. The van der Waals surface area contributed by atoms with Crippen LogP contribution in [0.4, 0.5) is 5.69 Å². The molecule has 4 nitrogen and oxygen atoms in total. The Morgan fingerprint density at radius 3 is 2.42 bits per heavy atom. The Labute approximate surface area is 141 Å². The van der Waals surface area contributed by atoms with E-state index in [0.717, 1.165) is 29.7 Å². The van der Waals surface area contributed by atoms with Crippen LogP contribution in [0.5, 0.6) is 0 Å². The average Bonchev–Trinajstić information content (AvgIpc) is 2.62. The average molecular weight is 319 g/mol. The maximum absolute atomic E-state index is 12.1. The summed E-state index contributed by atoms with van der Waals surface area (Å²) in [5.41, 5.74) is 4.03. The quantitative estimate of drug-likeness (QED) is 0.775. The number of nitrogens with one attached hydrogen (secondary N) is 1. The Balaban J connectivity index is 1.85. The Kier molecular flexibility index (Phi) is 4.75. The zero-order valence-corrected chi connectivity index (χ0v) is 14.0. The van der Waals surface area contributed by atoms with Gasteiger partial charge in [-0.1, -0.05) is 30.3 Å². The molecule has 3 rings (SSSR count). The van der Waals surface area contributed by atoms with Crippen molar-refractivity contribution in [2.75, 3.05) is 18.0 Å². The van der Waals surface area contributed by atoms with Crippen LogP contribution in [-0.4, -0.2) is 23.1 Å². The monoisotopic (exact) mass is 319 g/mol. The van der Waals surface area contributed by atoms with Gasteiger partial charge in [-0.15, -0.1) is 0 Å². The van der Waals surface area contributed by atoms with Crippen molar-refractivity contribution < 1.29 is 0 Å². The minimum absolute atomic E-state index is 0.176. The van der Waals surface area contributed by atoms with Crippen molar-refractivity contribution >= 4 is 28.9 Å². The van der Waals surface area contributed by atoms with Crippen molar-refractivity contribution in [3.63, 3.8) is 0 Å². The van der Waals surface area contributed by atoms with Gasteiger partial charge in [-0.3, -0.25) is 4.79 Å². The SMILES string of the molecule is CCN(CC)c1ccc(/C=C/c2nc3ccccc3[nH]c2=O)cc1. The third kappa shape index (κ3) is 3.38. The number of anilines is 1. The number of nitrogens with zero attached hydrogens (tertiary/aromatic N) is 2. The predicted molar refractivity (Wildman–Crippen MR) is 101 cm³/mol. The molecule has 0 saturated carbocycles. The second-order valence-electron chi connectivity index (χ2n) is 5.57. The maximum Gasteiger partial charge on any atom is 0.274 e. The van der Waals surface area contributed by atoms with Crippen molar-refractivity contribution in [1.82, 2.24) is 9.97 Å². The van der Waals surface area contributed by atoms with Crippen LogP contribution in [-0.2, 0) is 0 Å². The number of rotatable bonds is 5. The van der Waals surface area contributed by atoms with Gasteiger partial charge in [0.25, 0.3) is 5.56 Å². The van der Waals surface area contributed by atoms with Gasteiger partial charge in [0, 0.05) is 18.8 Å². The number of fused-ring (bicyclic) bond motifs is 1. The van der Waals surface area contributed by atoms with Gasteiger partial charge in [0.15, 0.2) is 0 Å². The lowest BCUT2D eigenvalue weighted by Gasteiger charge is -2.20. The van der Waals surface area contributed by atoms with Crippen LogP contribution in [0.15, 0.2) is 53.3 Å². The smallest absolute Gasteiger partial charge is 0.274 e. The summed E-state index contributed by atoms with van der Waals surface area (Å²) in [5.74, 6) is 0. The first kappa shape index (κ1) is 16.0. The first-order valence-electron chi connectivity index (χ1n) is 8.23. The highest BCUT2D eigenvalue weighted by Gasteiger charge is 2.02. The normalized spacial score (nSPS) is 11.2. The largest absolute Gasteiger partial charge is 0.372 e. The van der Waals surface area contributed by atoms with E-state index in [1.165, 1.54) is 5.69 Å². The number of hydrogen-bond donors (Lipinski definition) is 1. The lowest BCUT2D eigenvalue weighted by Crippen LogP contribution is -2.21. The summed E-state index contributed by atoms with van der Waals surface area (Å²) in [4.78, 5) is 21.7. The highest BCUT2D eigenvalue weighted by molar-refractivity contribution is 5.76. The molecule has 0 unspecified atom stereocenters. The number of hydrogen-bond acceptors (Lipinski definition) is 3. The molecule has 0 aliphatic heterocycles. The Morgan fingerprint density at radius 2 is 1.71 bits per heavy atom. The molecule has 4 heteroatoms. The standard InChI is InChI=1S/C20H21N3O/c1-3-23(4-2)16-12-9-15(10-13-16)11-14-19-20(24)22-18-8-6-5-7-17(18)21-19/h5-14H,3-4H2,1-2H3,(H,22,24)/b14-11+. The summed E-state index contributed by atoms with van der Waals surface area (Å²) >= 11 is 0.